The Bertz CT molecular complexity index is 1030. The van der Waals surface area contributed by atoms with E-state index in [0.717, 1.165) is 4.68 Å². The van der Waals surface area contributed by atoms with Crippen LogP contribution in [0, 0.1) is 0 Å². The summed E-state index contributed by atoms with van der Waals surface area (Å²) < 4.78 is 11.6. The van der Waals surface area contributed by atoms with Crippen molar-refractivity contribution in [3.05, 3.63) is 52.8 Å². The van der Waals surface area contributed by atoms with E-state index in [2.05, 4.69) is 15.6 Å². The molecule has 140 valence electrons. The Morgan fingerprint density at radius 3 is 2.67 bits per heavy atom. The quantitative estimate of drug-likeness (QED) is 0.718. The number of hydrogen-bond donors (Lipinski definition) is 1. The highest BCUT2D eigenvalue weighted by Gasteiger charge is 2.23. The molecule has 1 amide bonds. The molecule has 1 aromatic heterocycles. The Hall–Kier alpha value is -3.42. The minimum Gasteiger partial charge on any atom is -0.497 e. The zero-order chi connectivity index (χ0) is 19.4. The summed E-state index contributed by atoms with van der Waals surface area (Å²) in [6.45, 7) is 1.80. The van der Waals surface area contributed by atoms with Gasteiger partial charge in [-0.1, -0.05) is 24.3 Å². The molecule has 8 nitrogen and oxygen atoms in total. The highest BCUT2D eigenvalue weighted by atomic mass is 16.5. The van der Waals surface area contributed by atoms with Crippen molar-refractivity contribution in [2.24, 2.45) is 0 Å². The minimum atomic E-state index is -0.814. The molecule has 0 aliphatic rings. The Morgan fingerprint density at radius 2 is 1.96 bits per heavy atom. The lowest BCUT2D eigenvalue weighted by Crippen LogP contribution is -2.35. The van der Waals surface area contributed by atoms with E-state index in [1.165, 1.54) is 14.2 Å². The lowest BCUT2D eigenvalue weighted by atomic mass is 10.2. The van der Waals surface area contributed by atoms with Gasteiger partial charge in [0.25, 0.3) is 5.56 Å². The monoisotopic (exact) mass is 368 g/mol. The molecular weight excluding hydrogens is 348 g/mol. The van der Waals surface area contributed by atoms with Gasteiger partial charge in [-0.05, 0) is 30.7 Å². The molecule has 1 N–H and O–H groups in total. The maximum atomic E-state index is 12.9. The molecule has 0 saturated carbocycles. The first-order chi connectivity index (χ1) is 13.1. The number of nitrogens with zero attached hydrogens (tertiary/aromatic N) is 3. The molecule has 27 heavy (non-hydrogen) atoms. The molecule has 0 radical (unpaired) electrons. The topological polar surface area (TPSA) is 95.3 Å². The molecule has 0 aliphatic carbocycles. The van der Waals surface area contributed by atoms with E-state index in [1.807, 2.05) is 0 Å². The van der Waals surface area contributed by atoms with Crippen molar-refractivity contribution in [1.29, 1.82) is 0 Å². The highest BCUT2D eigenvalue weighted by Crippen LogP contribution is 2.29. The molecule has 2 aromatic carbocycles. The maximum Gasteiger partial charge on any atom is 0.278 e. The number of fused-ring (bicyclic) bond motifs is 1. The van der Waals surface area contributed by atoms with Crippen LogP contribution in [0.2, 0.25) is 0 Å². The number of carbonyl (C=O) groups is 1. The summed E-state index contributed by atoms with van der Waals surface area (Å²) in [7, 11) is 3.04. The van der Waals surface area contributed by atoms with Crippen LogP contribution >= 0.6 is 0 Å². The summed E-state index contributed by atoms with van der Waals surface area (Å²) in [6.07, 6.45) is 0.366. The molecule has 3 aromatic rings. The van der Waals surface area contributed by atoms with E-state index in [1.54, 1.807) is 49.4 Å². The van der Waals surface area contributed by atoms with Crippen LogP contribution in [-0.4, -0.2) is 35.1 Å². The Morgan fingerprint density at radius 1 is 1.19 bits per heavy atom. The van der Waals surface area contributed by atoms with Crippen LogP contribution < -0.4 is 20.3 Å². The molecule has 3 rings (SSSR count). The van der Waals surface area contributed by atoms with Gasteiger partial charge in [0.05, 0.1) is 25.3 Å². The molecule has 1 atom stereocenters. The first-order valence-corrected chi connectivity index (χ1v) is 8.46. The van der Waals surface area contributed by atoms with Gasteiger partial charge in [-0.15, -0.1) is 5.10 Å². The van der Waals surface area contributed by atoms with Crippen LogP contribution in [0.5, 0.6) is 11.5 Å². The summed E-state index contributed by atoms with van der Waals surface area (Å²) in [5.41, 5.74) is 0.575. The van der Waals surface area contributed by atoms with Crippen molar-refractivity contribution in [2.45, 2.75) is 19.4 Å². The molecule has 0 unspecified atom stereocenters. The summed E-state index contributed by atoms with van der Waals surface area (Å²) in [6, 6.07) is 11.2. The fourth-order valence-electron chi connectivity index (χ4n) is 2.80. The Labute approximate surface area is 155 Å². The molecule has 0 fully saturated rings. The summed E-state index contributed by atoms with van der Waals surface area (Å²) in [5.74, 6) is 0.661. The number of benzene rings is 2. The number of hydrogen-bond acceptors (Lipinski definition) is 6. The van der Waals surface area contributed by atoms with E-state index in [9.17, 15) is 9.59 Å². The summed E-state index contributed by atoms with van der Waals surface area (Å²) in [5, 5.41) is 11.2. The standard InChI is InChI=1S/C19H20N4O4/c1-4-16(23-19(25)13-7-5-6-8-14(13)21-22-23)18(24)20-15-11-12(26-2)9-10-17(15)27-3/h5-11,16H,4H2,1-3H3,(H,20,24)/t16-/m0/s1. The number of rotatable bonds is 6. The zero-order valence-electron chi connectivity index (χ0n) is 15.3. The number of ether oxygens (including phenoxy) is 2. The maximum absolute atomic E-state index is 12.9. The molecular formula is C19H20N4O4. The number of aromatic nitrogens is 3. The lowest BCUT2D eigenvalue weighted by molar-refractivity contribution is -0.119. The second-order valence-electron chi connectivity index (χ2n) is 5.84. The first-order valence-electron chi connectivity index (χ1n) is 8.46. The van der Waals surface area contributed by atoms with Gasteiger partial charge in [-0.25, -0.2) is 0 Å². The Balaban J connectivity index is 1.96. The van der Waals surface area contributed by atoms with Gasteiger partial charge in [-0.3, -0.25) is 9.59 Å². The van der Waals surface area contributed by atoms with E-state index in [-0.39, 0.29) is 5.56 Å². The van der Waals surface area contributed by atoms with Gasteiger partial charge in [-0.2, -0.15) is 4.68 Å². The third kappa shape index (κ3) is 3.59. The van der Waals surface area contributed by atoms with Crippen LogP contribution in [0.15, 0.2) is 47.3 Å². The second-order valence-corrected chi connectivity index (χ2v) is 5.84. The second kappa shape index (κ2) is 7.86. The number of amides is 1. The minimum absolute atomic E-state index is 0.361. The van der Waals surface area contributed by atoms with Gasteiger partial charge in [0, 0.05) is 6.07 Å². The van der Waals surface area contributed by atoms with E-state index >= 15 is 0 Å². The molecule has 8 heteroatoms. The molecule has 0 saturated heterocycles. The van der Waals surface area contributed by atoms with Crippen LogP contribution in [0.3, 0.4) is 0 Å². The number of carbonyl (C=O) groups excluding carboxylic acids is 1. The van der Waals surface area contributed by atoms with Gasteiger partial charge < -0.3 is 14.8 Å². The largest absolute Gasteiger partial charge is 0.497 e. The predicted molar refractivity (Wildman–Crippen MR) is 101 cm³/mol. The van der Waals surface area contributed by atoms with Crippen molar-refractivity contribution < 1.29 is 14.3 Å². The van der Waals surface area contributed by atoms with Gasteiger partial charge in [0.2, 0.25) is 5.91 Å². The number of anilines is 1. The summed E-state index contributed by atoms with van der Waals surface area (Å²) >= 11 is 0. The van der Waals surface area contributed by atoms with Crippen molar-refractivity contribution in [2.75, 3.05) is 19.5 Å². The third-order valence-corrected chi connectivity index (χ3v) is 4.24. The smallest absolute Gasteiger partial charge is 0.278 e. The van der Waals surface area contributed by atoms with Crippen molar-refractivity contribution >= 4 is 22.5 Å². The van der Waals surface area contributed by atoms with Crippen LogP contribution in [0.25, 0.3) is 10.9 Å². The Kier molecular flexibility index (Phi) is 5.35. The SMILES string of the molecule is CC[C@@H](C(=O)Nc1cc(OC)ccc1OC)n1nnc2ccccc2c1=O. The molecule has 1 heterocycles. The van der Waals surface area contributed by atoms with E-state index in [4.69, 9.17) is 9.47 Å². The zero-order valence-corrected chi connectivity index (χ0v) is 15.3. The fraction of sp³-hybridized carbons (Fsp3) is 0.263. The average molecular weight is 368 g/mol. The molecule has 0 bridgehead atoms. The first kappa shape index (κ1) is 18.4. The van der Waals surface area contributed by atoms with Gasteiger partial charge in [0.1, 0.15) is 23.1 Å². The highest BCUT2D eigenvalue weighted by molar-refractivity contribution is 5.95. The fourth-order valence-corrected chi connectivity index (χ4v) is 2.80. The van der Waals surface area contributed by atoms with Crippen molar-refractivity contribution in [3.8, 4) is 11.5 Å². The van der Waals surface area contributed by atoms with Gasteiger partial charge in [0.15, 0.2) is 0 Å². The average Bonchev–Trinajstić information content (AvgIpc) is 2.70. The van der Waals surface area contributed by atoms with Crippen molar-refractivity contribution in [3.63, 3.8) is 0 Å². The van der Waals surface area contributed by atoms with Crippen LogP contribution in [-0.2, 0) is 4.79 Å². The van der Waals surface area contributed by atoms with E-state index in [0.29, 0.717) is 34.5 Å². The number of methoxy groups -OCH3 is 2. The van der Waals surface area contributed by atoms with E-state index < -0.39 is 11.9 Å². The van der Waals surface area contributed by atoms with Crippen molar-refractivity contribution in [1.82, 2.24) is 15.0 Å². The lowest BCUT2D eigenvalue weighted by Gasteiger charge is -2.18. The van der Waals surface area contributed by atoms with Crippen LogP contribution in [0.4, 0.5) is 5.69 Å². The van der Waals surface area contributed by atoms with Gasteiger partial charge >= 0.3 is 0 Å². The molecule has 0 spiro atoms. The van der Waals surface area contributed by atoms with Crippen LogP contribution in [0.1, 0.15) is 19.4 Å². The number of nitrogens with one attached hydrogen (secondary N) is 1. The normalized spacial score (nSPS) is 11.8. The summed E-state index contributed by atoms with van der Waals surface area (Å²) in [4.78, 5) is 25.6. The predicted octanol–water partition coefficient (Wildman–Crippen LogP) is 2.40. The third-order valence-electron chi connectivity index (χ3n) is 4.24. The molecule has 0 aliphatic heterocycles.